The number of hydrogen-bond acceptors (Lipinski definition) is 8. The van der Waals surface area contributed by atoms with Crippen molar-refractivity contribution in [3.63, 3.8) is 0 Å². The number of carbonyl (C=O) groups is 4. The molecule has 1 fully saturated rings. The lowest BCUT2D eigenvalue weighted by molar-refractivity contribution is -0.385. The number of hydrogen-bond donors (Lipinski definition) is 4. The molecule has 0 heterocycles. The third kappa shape index (κ3) is 9.43. The summed E-state index contributed by atoms with van der Waals surface area (Å²) >= 11 is 0. The lowest BCUT2D eigenvalue weighted by Gasteiger charge is -2.22. The molecule has 3 amide bonds. The summed E-state index contributed by atoms with van der Waals surface area (Å²) in [6, 6.07) is 32.7. The van der Waals surface area contributed by atoms with E-state index in [-0.39, 0.29) is 39.8 Å². The van der Waals surface area contributed by atoms with Gasteiger partial charge in [0.15, 0.2) is 0 Å². The number of nitro benzene ring substituents is 2. The molecule has 14 heteroatoms. The van der Waals surface area contributed by atoms with Gasteiger partial charge < -0.3 is 21.1 Å². The second kappa shape index (κ2) is 17.8. The van der Waals surface area contributed by atoms with Crippen LogP contribution in [-0.4, -0.2) is 45.2 Å². The highest BCUT2D eigenvalue weighted by Gasteiger charge is 2.22. The van der Waals surface area contributed by atoms with Crippen LogP contribution in [0.1, 0.15) is 73.5 Å². The molecule has 0 radical (unpaired) electrons. The van der Waals surface area contributed by atoms with Gasteiger partial charge in [0.05, 0.1) is 32.3 Å². The number of carboxylic acid groups (broad SMARTS) is 1. The molecule has 0 bridgehead atoms. The summed E-state index contributed by atoms with van der Waals surface area (Å²) < 4.78 is 0. The van der Waals surface area contributed by atoms with Gasteiger partial charge in [0.2, 0.25) is 0 Å². The predicted molar refractivity (Wildman–Crippen MR) is 216 cm³/mol. The molecule has 1 aliphatic carbocycles. The van der Waals surface area contributed by atoms with E-state index in [9.17, 15) is 44.5 Å². The van der Waals surface area contributed by atoms with Gasteiger partial charge in [-0.15, -0.1) is 0 Å². The molecule has 1 saturated carbocycles. The van der Waals surface area contributed by atoms with E-state index in [1.54, 1.807) is 36.4 Å². The van der Waals surface area contributed by atoms with E-state index >= 15 is 0 Å². The summed E-state index contributed by atoms with van der Waals surface area (Å²) in [7, 11) is 0. The van der Waals surface area contributed by atoms with Crippen LogP contribution in [0.15, 0.2) is 121 Å². The number of fused-ring (bicyclic) bond motifs is 2. The first-order valence-electron chi connectivity index (χ1n) is 18.2. The smallest absolute Gasteiger partial charge is 0.338 e. The molecule has 0 spiro atoms. The van der Waals surface area contributed by atoms with Crippen LogP contribution in [0.25, 0.3) is 21.5 Å². The number of nitrogens with zero attached hydrogens (tertiary/aromatic N) is 2. The number of amides is 3. The third-order valence-electron chi connectivity index (χ3n) is 9.74. The Hall–Kier alpha value is -7.48. The number of nitrogens with one attached hydrogen (secondary N) is 3. The maximum atomic E-state index is 13.1. The van der Waals surface area contributed by atoms with Crippen LogP contribution < -0.4 is 16.0 Å². The predicted octanol–water partition coefficient (Wildman–Crippen LogP) is 9.01. The molecule has 0 aromatic heterocycles. The van der Waals surface area contributed by atoms with E-state index in [0.717, 1.165) is 59.4 Å². The summed E-state index contributed by atoms with van der Waals surface area (Å²) in [4.78, 5) is 70.7. The van der Waals surface area contributed by atoms with E-state index in [0.29, 0.717) is 23.6 Å². The van der Waals surface area contributed by atoms with Crippen molar-refractivity contribution in [1.82, 2.24) is 5.32 Å². The number of carbonyl (C=O) groups excluding carboxylic acids is 3. The highest BCUT2D eigenvalue weighted by atomic mass is 16.6. The second-order valence-corrected chi connectivity index (χ2v) is 13.5. The molecular weight excluding hydrogens is 730 g/mol. The van der Waals surface area contributed by atoms with Crippen molar-refractivity contribution in [2.24, 2.45) is 5.92 Å². The number of non-ortho nitro benzene ring substituents is 2. The molecule has 288 valence electrons. The van der Waals surface area contributed by atoms with E-state index in [4.69, 9.17) is 0 Å². The Morgan fingerprint density at radius 2 is 1.02 bits per heavy atom. The minimum atomic E-state index is -1.36. The highest BCUT2D eigenvalue weighted by molar-refractivity contribution is 6.16. The lowest BCUT2D eigenvalue weighted by Crippen LogP contribution is -2.31. The Kier molecular flexibility index (Phi) is 12.2. The van der Waals surface area contributed by atoms with Crippen LogP contribution in [0.3, 0.4) is 0 Å². The monoisotopic (exact) mass is 767 g/mol. The van der Waals surface area contributed by atoms with Crippen molar-refractivity contribution in [3.05, 3.63) is 164 Å². The first-order chi connectivity index (χ1) is 27.5. The van der Waals surface area contributed by atoms with Crippen molar-refractivity contribution >= 4 is 68.0 Å². The molecule has 0 saturated heterocycles. The molecule has 0 aliphatic heterocycles. The lowest BCUT2D eigenvalue weighted by atomic mass is 9.89. The summed E-state index contributed by atoms with van der Waals surface area (Å²) in [5, 5.41) is 42.8. The Balaban J connectivity index is 0.000000199. The first kappa shape index (κ1) is 39.2. The fourth-order valence-corrected chi connectivity index (χ4v) is 6.82. The van der Waals surface area contributed by atoms with Crippen molar-refractivity contribution in [1.29, 1.82) is 0 Å². The fraction of sp³-hybridized carbons (Fsp3) is 0.163. The van der Waals surface area contributed by atoms with E-state index in [1.807, 2.05) is 48.5 Å². The standard InChI is InChI=1S/C25H25N3O4.C18H12N2O5/c29-24(26-16-17-7-2-1-3-8-17)22-15-19(28(31)32)13-14-23(22)27-25(30)21-12-6-10-18-9-4-5-11-20(18)21;21-17(14-7-3-5-11-4-1-2-6-13(11)14)19-16-9-8-12(20(24)25)10-15(16)18(22)23/h4-6,9-15,17H,1-3,7-8,16H2,(H,26,29)(H,27,30);1-10H,(H,19,21)(H,22,23). The Morgan fingerprint density at radius 1 is 0.561 bits per heavy atom. The topological polar surface area (TPSA) is 211 Å². The molecule has 6 aromatic rings. The van der Waals surface area contributed by atoms with Gasteiger partial charge in [0.25, 0.3) is 29.1 Å². The van der Waals surface area contributed by atoms with E-state index in [2.05, 4.69) is 16.0 Å². The largest absolute Gasteiger partial charge is 0.478 e. The molecule has 0 atom stereocenters. The number of benzene rings is 6. The van der Waals surface area contributed by atoms with E-state index < -0.39 is 27.6 Å². The van der Waals surface area contributed by atoms with Crippen molar-refractivity contribution in [2.45, 2.75) is 32.1 Å². The summed E-state index contributed by atoms with van der Waals surface area (Å²) in [5.41, 5.74) is 0.274. The van der Waals surface area contributed by atoms with Gasteiger partial charge in [-0.2, -0.15) is 0 Å². The van der Waals surface area contributed by atoms with Gasteiger partial charge in [-0.25, -0.2) is 4.79 Å². The maximum Gasteiger partial charge on any atom is 0.338 e. The van der Waals surface area contributed by atoms with Crippen molar-refractivity contribution < 1.29 is 34.1 Å². The minimum absolute atomic E-state index is 0.00367. The zero-order chi connectivity index (χ0) is 40.5. The molecular formula is C43H37N5O9. The molecule has 14 nitrogen and oxygen atoms in total. The van der Waals surface area contributed by atoms with Crippen molar-refractivity contribution in [2.75, 3.05) is 17.2 Å². The Bertz CT molecular complexity index is 2520. The SMILES string of the molecule is O=C(NCC1CCCCC1)c1cc([N+](=O)[O-])ccc1NC(=O)c1cccc2ccccc12.O=C(O)c1cc([N+](=O)[O-])ccc1NC(=O)c1cccc2ccccc12. The van der Waals surface area contributed by atoms with Crippen molar-refractivity contribution in [3.8, 4) is 0 Å². The van der Waals surface area contributed by atoms with Crippen LogP contribution >= 0.6 is 0 Å². The van der Waals surface area contributed by atoms with Gasteiger partial charge in [0.1, 0.15) is 0 Å². The summed E-state index contributed by atoms with van der Waals surface area (Å²) in [6.07, 6.45) is 5.67. The Morgan fingerprint density at radius 3 is 1.51 bits per heavy atom. The molecule has 4 N–H and O–H groups in total. The average molecular weight is 768 g/mol. The zero-order valence-corrected chi connectivity index (χ0v) is 30.5. The summed E-state index contributed by atoms with van der Waals surface area (Å²) in [5.74, 6) is -2.24. The fourth-order valence-electron chi connectivity index (χ4n) is 6.82. The minimum Gasteiger partial charge on any atom is -0.478 e. The van der Waals surface area contributed by atoms with Crippen LogP contribution in [0, 0.1) is 26.1 Å². The van der Waals surface area contributed by atoms with Crippen LogP contribution in [-0.2, 0) is 0 Å². The van der Waals surface area contributed by atoms with Gasteiger partial charge in [-0.1, -0.05) is 92.1 Å². The quantitative estimate of drug-likeness (QED) is 0.0772. The molecule has 0 unspecified atom stereocenters. The van der Waals surface area contributed by atoms with Gasteiger partial charge in [-0.05, 0) is 64.6 Å². The first-order valence-corrected chi connectivity index (χ1v) is 18.2. The molecule has 7 rings (SSSR count). The highest BCUT2D eigenvalue weighted by Crippen LogP contribution is 2.28. The normalized spacial score (nSPS) is 12.5. The molecule has 57 heavy (non-hydrogen) atoms. The second-order valence-electron chi connectivity index (χ2n) is 13.5. The van der Waals surface area contributed by atoms with Gasteiger partial charge in [-0.3, -0.25) is 34.6 Å². The maximum absolute atomic E-state index is 13.1. The molecule has 6 aromatic carbocycles. The number of anilines is 2. The number of nitro groups is 2. The number of carboxylic acids is 1. The van der Waals surface area contributed by atoms with Crippen LogP contribution in [0.2, 0.25) is 0 Å². The van der Waals surface area contributed by atoms with E-state index in [1.165, 1.54) is 30.7 Å². The van der Waals surface area contributed by atoms with Crippen LogP contribution in [0.5, 0.6) is 0 Å². The number of aromatic carboxylic acids is 1. The third-order valence-corrected chi connectivity index (χ3v) is 9.74. The van der Waals surface area contributed by atoms with Gasteiger partial charge >= 0.3 is 5.97 Å². The average Bonchev–Trinajstić information content (AvgIpc) is 3.23. The number of rotatable bonds is 10. The van der Waals surface area contributed by atoms with Crippen LogP contribution in [0.4, 0.5) is 22.7 Å². The summed E-state index contributed by atoms with van der Waals surface area (Å²) in [6.45, 7) is 0.526. The zero-order valence-electron chi connectivity index (χ0n) is 30.5. The van der Waals surface area contributed by atoms with Gasteiger partial charge in [0, 0.05) is 41.9 Å². The molecule has 1 aliphatic rings. The Labute approximate surface area is 325 Å².